The van der Waals surface area contributed by atoms with Crippen molar-refractivity contribution in [2.45, 2.75) is 32.3 Å². The minimum atomic E-state index is -1.16. The van der Waals surface area contributed by atoms with Gasteiger partial charge in [0.15, 0.2) is 0 Å². The average Bonchev–Trinajstić information content (AvgIpc) is 3.14. The van der Waals surface area contributed by atoms with Gasteiger partial charge in [0, 0.05) is 23.4 Å². The third-order valence-corrected chi connectivity index (χ3v) is 4.48. The second-order valence-electron chi connectivity index (χ2n) is 5.56. The number of ether oxygens (including phenoxy) is 1. The normalized spacial score (nSPS) is 11.4. The minimum Gasteiger partial charge on any atom is -0.447 e. The van der Waals surface area contributed by atoms with E-state index in [0.29, 0.717) is 18.5 Å². The van der Waals surface area contributed by atoms with Crippen molar-refractivity contribution in [3.63, 3.8) is 0 Å². The molecule has 1 heterocycles. The number of rotatable bonds is 8. The SMILES string of the molecule is CCNC(=O)NC(=O)[C@H](OC(=O)CCCc1cccs1)c1ccccc1. The Morgan fingerprint density at radius 3 is 2.54 bits per heavy atom. The zero-order chi connectivity index (χ0) is 18.8. The maximum absolute atomic E-state index is 12.4. The maximum atomic E-state index is 12.4. The third-order valence-electron chi connectivity index (χ3n) is 3.55. The van der Waals surface area contributed by atoms with Gasteiger partial charge in [0.25, 0.3) is 5.91 Å². The molecule has 2 aromatic rings. The molecule has 0 aliphatic heterocycles. The Kier molecular flexibility index (Phi) is 7.82. The summed E-state index contributed by atoms with van der Waals surface area (Å²) in [4.78, 5) is 37.3. The standard InChI is InChI=1S/C19H22N2O4S/c1-2-20-19(24)21-18(23)17(14-8-4-3-5-9-14)25-16(22)12-6-10-15-11-7-13-26-15/h3-5,7-9,11,13,17H,2,6,10,12H2,1H3,(H2,20,21,23,24)/t17-/m1/s1. The van der Waals surface area contributed by atoms with Gasteiger partial charge in [-0.3, -0.25) is 14.9 Å². The summed E-state index contributed by atoms with van der Waals surface area (Å²) in [6, 6.07) is 12.0. The first-order valence-corrected chi connectivity index (χ1v) is 9.33. The number of urea groups is 1. The molecule has 0 aliphatic rings. The molecule has 0 saturated carbocycles. The number of nitrogens with one attached hydrogen (secondary N) is 2. The highest BCUT2D eigenvalue weighted by atomic mass is 32.1. The van der Waals surface area contributed by atoms with Gasteiger partial charge in [-0.25, -0.2) is 4.79 Å². The second kappa shape index (κ2) is 10.4. The Hall–Kier alpha value is -2.67. The van der Waals surface area contributed by atoms with Crippen molar-refractivity contribution in [1.82, 2.24) is 10.6 Å². The van der Waals surface area contributed by atoms with E-state index in [1.807, 2.05) is 17.5 Å². The summed E-state index contributed by atoms with van der Waals surface area (Å²) in [6.45, 7) is 2.13. The summed E-state index contributed by atoms with van der Waals surface area (Å²) >= 11 is 1.64. The number of aryl methyl sites for hydroxylation is 1. The first-order chi connectivity index (χ1) is 12.6. The molecule has 26 heavy (non-hydrogen) atoms. The molecule has 7 heteroatoms. The maximum Gasteiger partial charge on any atom is 0.321 e. The molecule has 1 aromatic carbocycles. The molecule has 0 saturated heterocycles. The molecule has 3 amide bonds. The fourth-order valence-corrected chi connectivity index (χ4v) is 3.09. The van der Waals surface area contributed by atoms with E-state index in [4.69, 9.17) is 4.74 Å². The number of esters is 1. The van der Waals surface area contributed by atoms with Crippen LogP contribution in [0.5, 0.6) is 0 Å². The summed E-state index contributed by atoms with van der Waals surface area (Å²) in [5, 5.41) is 6.67. The van der Waals surface area contributed by atoms with Crippen LogP contribution < -0.4 is 10.6 Å². The number of hydrogen-bond donors (Lipinski definition) is 2. The van der Waals surface area contributed by atoms with Crippen molar-refractivity contribution in [1.29, 1.82) is 0 Å². The number of hydrogen-bond acceptors (Lipinski definition) is 5. The van der Waals surface area contributed by atoms with E-state index in [-0.39, 0.29) is 6.42 Å². The lowest BCUT2D eigenvalue weighted by atomic mass is 10.1. The zero-order valence-electron chi connectivity index (χ0n) is 14.6. The zero-order valence-corrected chi connectivity index (χ0v) is 15.4. The van der Waals surface area contributed by atoms with E-state index in [1.54, 1.807) is 48.6 Å². The Bertz CT molecular complexity index is 716. The summed E-state index contributed by atoms with van der Waals surface area (Å²) in [5.41, 5.74) is 0.515. The number of imide groups is 1. The van der Waals surface area contributed by atoms with Crippen LogP contribution in [0.1, 0.15) is 36.3 Å². The van der Waals surface area contributed by atoms with Crippen LogP contribution in [0.25, 0.3) is 0 Å². The molecule has 1 atom stereocenters. The highest BCUT2D eigenvalue weighted by Crippen LogP contribution is 2.19. The van der Waals surface area contributed by atoms with Crippen LogP contribution in [0.4, 0.5) is 4.79 Å². The molecule has 0 fully saturated rings. The van der Waals surface area contributed by atoms with Crippen molar-refractivity contribution in [3.05, 3.63) is 58.3 Å². The Morgan fingerprint density at radius 2 is 1.88 bits per heavy atom. The van der Waals surface area contributed by atoms with E-state index in [0.717, 1.165) is 6.42 Å². The lowest BCUT2D eigenvalue weighted by Crippen LogP contribution is -2.42. The highest BCUT2D eigenvalue weighted by Gasteiger charge is 2.26. The molecular weight excluding hydrogens is 352 g/mol. The molecule has 138 valence electrons. The number of amides is 3. The Balaban J connectivity index is 1.95. The van der Waals surface area contributed by atoms with Gasteiger partial charge in [-0.1, -0.05) is 36.4 Å². The molecule has 0 aliphatic carbocycles. The van der Waals surface area contributed by atoms with Crippen LogP contribution in [0.3, 0.4) is 0 Å². The Morgan fingerprint density at radius 1 is 1.12 bits per heavy atom. The van der Waals surface area contributed by atoms with Crippen LogP contribution in [0.2, 0.25) is 0 Å². The number of benzene rings is 1. The van der Waals surface area contributed by atoms with E-state index in [1.165, 1.54) is 4.88 Å². The van der Waals surface area contributed by atoms with Crippen LogP contribution in [-0.4, -0.2) is 24.5 Å². The van der Waals surface area contributed by atoms with Crippen LogP contribution in [0.15, 0.2) is 47.8 Å². The molecule has 0 bridgehead atoms. The van der Waals surface area contributed by atoms with Gasteiger partial charge in [-0.15, -0.1) is 11.3 Å². The van der Waals surface area contributed by atoms with Gasteiger partial charge in [0.05, 0.1) is 0 Å². The number of thiophene rings is 1. The molecule has 0 radical (unpaired) electrons. The van der Waals surface area contributed by atoms with Gasteiger partial charge in [-0.05, 0) is 31.2 Å². The number of carbonyl (C=O) groups excluding carboxylic acids is 3. The van der Waals surface area contributed by atoms with Gasteiger partial charge in [-0.2, -0.15) is 0 Å². The molecular formula is C19H22N2O4S. The first kappa shape index (κ1) is 19.7. The molecule has 2 N–H and O–H groups in total. The van der Waals surface area contributed by atoms with Gasteiger partial charge >= 0.3 is 12.0 Å². The smallest absolute Gasteiger partial charge is 0.321 e. The molecule has 0 unspecified atom stereocenters. The fraction of sp³-hybridized carbons (Fsp3) is 0.316. The lowest BCUT2D eigenvalue weighted by Gasteiger charge is -2.17. The highest BCUT2D eigenvalue weighted by molar-refractivity contribution is 7.09. The molecule has 1 aromatic heterocycles. The van der Waals surface area contributed by atoms with Crippen molar-refractivity contribution in [2.24, 2.45) is 0 Å². The average molecular weight is 374 g/mol. The van der Waals surface area contributed by atoms with Crippen molar-refractivity contribution < 1.29 is 19.1 Å². The lowest BCUT2D eigenvalue weighted by molar-refractivity contribution is -0.156. The minimum absolute atomic E-state index is 0.204. The second-order valence-corrected chi connectivity index (χ2v) is 6.59. The van der Waals surface area contributed by atoms with Gasteiger partial charge in [0.1, 0.15) is 0 Å². The van der Waals surface area contributed by atoms with Crippen LogP contribution >= 0.6 is 11.3 Å². The largest absolute Gasteiger partial charge is 0.447 e. The summed E-state index contributed by atoms with van der Waals surface area (Å²) in [6.07, 6.45) is 0.468. The molecule has 6 nitrogen and oxygen atoms in total. The van der Waals surface area contributed by atoms with E-state index in [2.05, 4.69) is 10.6 Å². The van der Waals surface area contributed by atoms with E-state index < -0.39 is 24.0 Å². The summed E-state index contributed by atoms with van der Waals surface area (Å²) in [5.74, 6) is -1.14. The van der Waals surface area contributed by atoms with Crippen molar-refractivity contribution >= 4 is 29.2 Å². The quantitative estimate of drug-likeness (QED) is 0.695. The molecule has 0 spiro atoms. The van der Waals surface area contributed by atoms with Crippen molar-refractivity contribution in [2.75, 3.05) is 6.54 Å². The third kappa shape index (κ3) is 6.33. The van der Waals surface area contributed by atoms with Crippen LogP contribution in [0, 0.1) is 0 Å². The van der Waals surface area contributed by atoms with Gasteiger partial charge in [0.2, 0.25) is 6.10 Å². The predicted molar refractivity (Wildman–Crippen MR) is 99.7 cm³/mol. The summed E-state index contributed by atoms with van der Waals surface area (Å²) in [7, 11) is 0. The fourth-order valence-electron chi connectivity index (χ4n) is 2.34. The number of carbonyl (C=O) groups is 3. The predicted octanol–water partition coefficient (Wildman–Crippen LogP) is 3.20. The van der Waals surface area contributed by atoms with Crippen molar-refractivity contribution in [3.8, 4) is 0 Å². The first-order valence-electron chi connectivity index (χ1n) is 8.45. The topological polar surface area (TPSA) is 84.5 Å². The van der Waals surface area contributed by atoms with E-state index >= 15 is 0 Å². The van der Waals surface area contributed by atoms with Crippen LogP contribution in [-0.2, 0) is 20.7 Å². The molecule has 2 rings (SSSR count). The van der Waals surface area contributed by atoms with Gasteiger partial charge < -0.3 is 10.1 Å². The monoisotopic (exact) mass is 374 g/mol. The summed E-state index contributed by atoms with van der Waals surface area (Å²) < 4.78 is 5.37. The Labute approximate surface area is 156 Å². The van der Waals surface area contributed by atoms with E-state index in [9.17, 15) is 14.4 Å².